The third-order valence-corrected chi connectivity index (χ3v) is 7.34. The summed E-state index contributed by atoms with van der Waals surface area (Å²) in [5, 5.41) is 20.2. The van der Waals surface area contributed by atoms with Crippen LogP contribution in [0.25, 0.3) is 10.9 Å². The van der Waals surface area contributed by atoms with Gasteiger partial charge in [-0.05, 0) is 60.9 Å². The Labute approximate surface area is 237 Å². The predicted molar refractivity (Wildman–Crippen MR) is 152 cm³/mol. The molecule has 0 saturated carbocycles. The molecule has 0 aliphatic carbocycles. The molecule has 4 aromatic rings. The average molecular weight is 559 g/mol. The highest BCUT2D eigenvalue weighted by atomic mass is 19.1. The summed E-state index contributed by atoms with van der Waals surface area (Å²) in [6.07, 6.45) is 0.327. The Bertz CT molecular complexity index is 1580. The van der Waals surface area contributed by atoms with Crippen molar-refractivity contribution in [2.75, 3.05) is 4.90 Å². The molecule has 0 saturated heterocycles. The van der Waals surface area contributed by atoms with Crippen LogP contribution in [0.15, 0.2) is 78.9 Å². The number of aliphatic carboxylic acids is 1. The summed E-state index contributed by atoms with van der Waals surface area (Å²) in [6, 6.07) is 21.1. The van der Waals surface area contributed by atoms with Gasteiger partial charge in [-0.25, -0.2) is 14.2 Å². The van der Waals surface area contributed by atoms with E-state index in [0.29, 0.717) is 28.2 Å². The fraction of sp³-hybridized carbons (Fsp3) is 0.250. The Morgan fingerprint density at radius 2 is 1.66 bits per heavy atom. The highest BCUT2D eigenvalue weighted by molar-refractivity contribution is 5.96. The minimum absolute atomic E-state index is 0.0321. The molecule has 0 aliphatic heterocycles. The normalized spacial score (nSPS) is 11.3. The lowest BCUT2D eigenvalue weighted by Gasteiger charge is -2.30. The number of benzene rings is 3. The number of fused-ring (bicyclic) bond motifs is 1. The van der Waals surface area contributed by atoms with Crippen LogP contribution >= 0.6 is 0 Å². The first-order valence-electron chi connectivity index (χ1n) is 13.3. The number of halogens is 1. The SMILES string of the molecule is CCC(CC)(CC(=O)N(Cc1cccc(C(=O)O)c1)c1cccc(OCc2ccc3ccc(F)cc3n2)c1)C(=O)O. The molecule has 0 unspecified atom stereocenters. The molecule has 3 aromatic carbocycles. The van der Waals surface area contributed by atoms with Crippen molar-refractivity contribution in [3.8, 4) is 5.75 Å². The maximum absolute atomic E-state index is 13.7. The van der Waals surface area contributed by atoms with Crippen LogP contribution < -0.4 is 9.64 Å². The molecule has 1 amide bonds. The van der Waals surface area contributed by atoms with Crippen molar-refractivity contribution in [2.45, 2.75) is 46.3 Å². The minimum atomic E-state index is -1.23. The van der Waals surface area contributed by atoms with Crippen molar-refractivity contribution in [2.24, 2.45) is 5.41 Å². The lowest BCUT2D eigenvalue weighted by molar-refractivity contribution is -0.152. The van der Waals surface area contributed by atoms with Gasteiger partial charge in [0.05, 0.1) is 28.7 Å². The number of anilines is 1. The molecule has 0 bridgehead atoms. The van der Waals surface area contributed by atoms with Crippen LogP contribution in [0.2, 0.25) is 0 Å². The third kappa shape index (κ3) is 6.87. The fourth-order valence-electron chi connectivity index (χ4n) is 4.68. The zero-order valence-electron chi connectivity index (χ0n) is 22.8. The molecular formula is C32H31FN2O6. The number of hydrogen-bond donors (Lipinski definition) is 2. The van der Waals surface area contributed by atoms with Crippen LogP contribution in [-0.2, 0) is 22.7 Å². The Hall–Kier alpha value is -4.79. The van der Waals surface area contributed by atoms with Gasteiger partial charge in [0.15, 0.2) is 0 Å². The fourth-order valence-corrected chi connectivity index (χ4v) is 4.68. The monoisotopic (exact) mass is 558 g/mol. The van der Waals surface area contributed by atoms with Crippen LogP contribution in [0.5, 0.6) is 5.75 Å². The molecule has 2 N–H and O–H groups in total. The van der Waals surface area contributed by atoms with Gasteiger partial charge in [-0.1, -0.05) is 38.1 Å². The number of carbonyl (C=O) groups is 3. The van der Waals surface area contributed by atoms with Gasteiger partial charge in [0.25, 0.3) is 0 Å². The third-order valence-electron chi connectivity index (χ3n) is 7.34. The van der Waals surface area contributed by atoms with Crippen molar-refractivity contribution in [3.05, 3.63) is 102 Å². The molecule has 0 spiro atoms. The van der Waals surface area contributed by atoms with E-state index in [0.717, 1.165) is 5.39 Å². The van der Waals surface area contributed by atoms with E-state index in [1.807, 2.05) is 6.07 Å². The molecule has 1 aromatic heterocycles. The van der Waals surface area contributed by atoms with E-state index in [9.17, 15) is 29.0 Å². The minimum Gasteiger partial charge on any atom is -0.487 e. The summed E-state index contributed by atoms with van der Waals surface area (Å²) in [5.41, 5.74) is 0.988. The summed E-state index contributed by atoms with van der Waals surface area (Å²) in [6.45, 7) is 3.62. The van der Waals surface area contributed by atoms with Gasteiger partial charge in [-0.2, -0.15) is 0 Å². The maximum Gasteiger partial charge on any atom is 0.335 e. The zero-order chi connectivity index (χ0) is 29.6. The second-order valence-electron chi connectivity index (χ2n) is 9.88. The van der Waals surface area contributed by atoms with Crippen LogP contribution in [0.1, 0.15) is 54.7 Å². The standard InChI is InChI=1S/C32H31FN2O6/c1-3-32(4-2,31(39)40)18-29(36)35(19-21-7-5-8-23(15-21)30(37)38)26-9-6-10-27(17-26)41-20-25-14-12-22-11-13-24(33)16-28(22)34-25/h5-17H,3-4,18-20H2,1-2H3,(H,37,38)(H,39,40). The largest absolute Gasteiger partial charge is 0.487 e. The topological polar surface area (TPSA) is 117 Å². The second kappa shape index (κ2) is 12.6. The van der Waals surface area contributed by atoms with E-state index in [1.54, 1.807) is 62.4 Å². The number of carboxylic acid groups (broad SMARTS) is 2. The molecule has 0 atom stereocenters. The highest BCUT2D eigenvalue weighted by Gasteiger charge is 2.38. The van der Waals surface area contributed by atoms with Crippen molar-refractivity contribution in [3.63, 3.8) is 0 Å². The Morgan fingerprint density at radius 3 is 2.37 bits per heavy atom. The molecule has 41 heavy (non-hydrogen) atoms. The number of pyridine rings is 1. The summed E-state index contributed by atoms with van der Waals surface area (Å²) < 4.78 is 19.6. The molecule has 9 heteroatoms. The van der Waals surface area contributed by atoms with Gasteiger partial charge in [-0.3, -0.25) is 9.59 Å². The Morgan fingerprint density at radius 1 is 0.927 bits per heavy atom. The second-order valence-corrected chi connectivity index (χ2v) is 9.88. The number of rotatable bonds is 12. The van der Waals surface area contributed by atoms with Gasteiger partial charge in [0.1, 0.15) is 18.2 Å². The number of nitrogens with zero attached hydrogens (tertiary/aromatic N) is 2. The lowest BCUT2D eigenvalue weighted by Crippen LogP contribution is -2.39. The molecule has 212 valence electrons. The smallest absolute Gasteiger partial charge is 0.335 e. The Balaban J connectivity index is 1.62. The molecule has 0 radical (unpaired) electrons. The molecule has 8 nitrogen and oxygen atoms in total. The number of carbonyl (C=O) groups excluding carboxylic acids is 1. The van der Waals surface area contributed by atoms with Gasteiger partial charge in [0.2, 0.25) is 5.91 Å². The van der Waals surface area contributed by atoms with Gasteiger partial charge >= 0.3 is 11.9 Å². The van der Waals surface area contributed by atoms with Crippen LogP contribution in [0, 0.1) is 11.2 Å². The number of hydrogen-bond acceptors (Lipinski definition) is 5. The van der Waals surface area contributed by atoms with Crippen LogP contribution in [-0.4, -0.2) is 33.0 Å². The molecule has 4 rings (SSSR count). The van der Waals surface area contributed by atoms with Crippen molar-refractivity contribution in [1.82, 2.24) is 4.98 Å². The quantitative estimate of drug-likeness (QED) is 0.205. The van der Waals surface area contributed by atoms with Crippen molar-refractivity contribution in [1.29, 1.82) is 0 Å². The van der Waals surface area contributed by atoms with E-state index < -0.39 is 23.3 Å². The maximum atomic E-state index is 13.7. The number of aromatic nitrogens is 1. The summed E-state index contributed by atoms with van der Waals surface area (Å²) >= 11 is 0. The highest BCUT2D eigenvalue weighted by Crippen LogP contribution is 2.34. The lowest BCUT2D eigenvalue weighted by atomic mass is 9.79. The first-order chi connectivity index (χ1) is 19.6. The van der Waals surface area contributed by atoms with Crippen molar-refractivity contribution < 1.29 is 33.7 Å². The van der Waals surface area contributed by atoms with Gasteiger partial charge < -0.3 is 19.8 Å². The average Bonchev–Trinajstić information content (AvgIpc) is 2.97. The van der Waals surface area contributed by atoms with E-state index in [4.69, 9.17) is 4.74 Å². The number of carboxylic acids is 2. The zero-order valence-corrected chi connectivity index (χ0v) is 22.8. The molecule has 0 aliphatic rings. The van der Waals surface area contributed by atoms with Gasteiger partial charge in [0, 0.05) is 29.6 Å². The molecule has 0 fully saturated rings. The van der Waals surface area contributed by atoms with E-state index in [1.165, 1.54) is 29.2 Å². The van der Waals surface area contributed by atoms with Crippen molar-refractivity contribution >= 4 is 34.4 Å². The summed E-state index contributed by atoms with van der Waals surface area (Å²) in [4.78, 5) is 43.3. The number of aromatic carboxylic acids is 1. The van der Waals surface area contributed by atoms with E-state index >= 15 is 0 Å². The number of ether oxygens (including phenoxy) is 1. The van der Waals surface area contributed by atoms with E-state index in [-0.39, 0.29) is 43.8 Å². The van der Waals surface area contributed by atoms with Gasteiger partial charge in [-0.15, -0.1) is 0 Å². The predicted octanol–water partition coefficient (Wildman–Crippen LogP) is 6.47. The first kappa shape index (κ1) is 29.2. The summed E-state index contributed by atoms with van der Waals surface area (Å²) in [7, 11) is 0. The van der Waals surface area contributed by atoms with Crippen LogP contribution in [0.4, 0.5) is 10.1 Å². The number of amides is 1. The van der Waals surface area contributed by atoms with E-state index in [2.05, 4.69) is 4.98 Å². The molecular weight excluding hydrogens is 527 g/mol. The summed E-state index contributed by atoms with van der Waals surface area (Å²) in [5.74, 6) is -2.48. The molecule has 1 heterocycles. The first-order valence-corrected chi connectivity index (χ1v) is 13.3. The Kier molecular flexibility index (Phi) is 8.97. The van der Waals surface area contributed by atoms with Crippen LogP contribution in [0.3, 0.4) is 0 Å².